The van der Waals surface area contributed by atoms with E-state index < -0.39 is 0 Å². The lowest BCUT2D eigenvalue weighted by Crippen LogP contribution is -2.30. The second-order valence-electron chi connectivity index (χ2n) is 6.11. The van der Waals surface area contributed by atoms with Crippen molar-refractivity contribution in [3.05, 3.63) is 71.0 Å². The zero-order valence-electron chi connectivity index (χ0n) is 14.4. The van der Waals surface area contributed by atoms with Crippen molar-refractivity contribution in [1.82, 2.24) is 0 Å². The van der Waals surface area contributed by atoms with Gasteiger partial charge in [0.25, 0.3) is 0 Å². The first-order valence-electron chi connectivity index (χ1n) is 8.63. The van der Waals surface area contributed by atoms with Crippen molar-refractivity contribution in [2.75, 3.05) is 24.6 Å². The van der Waals surface area contributed by atoms with Crippen molar-refractivity contribution in [3.63, 3.8) is 0 Å². The molecule has 1 aliphatic rings. The van der Waals surface area contributed by atoms with Crippen molar-refractivity contribution < 1.29 is 13.9 Å². The fraction of sp³-hybridized carbons (Fsp3) is 0.286. The van der Waals surface area contributed by atoms with Crippen LogP contribution in [0.25, 0.3) is 6.08 Å². The fourth-order valence-electron chi connectivity index (χ4n) is 3.01. The van der Waals surface area contributed by atoms with Crippen LogP contribution in [0.3, 0.4) is 0 Å². The Morgan fingerprint density at radius 1 is 1.08 bits per heavy atom. The van der Waals surface area contributed by atoms with Crippen LogP contribution < -0.4 is 4.90 Å². The quantitative estimate of drug-likeness (QED) is 0.757. The number of esters is 1. The lowest BCUT2D eigenvalue weighted by molar-refractivity contribution is 0.0526. The number of hydrogen-bond donors (Lipinski definition) is 0. The van der Waals surface area contributed by atoms with Crippen molar-refractivity contribution in [2.45, 2.75) is 19.8 Å². The molecule has 130 valence electrons. The van der Waals surface area contributed by atoms with Crippen LogP contribution in [-0.4, -0.2) is 25.7 Å². The molecule has 0 spiro atoms. The van der Waals surface area contributed by atoms with E-state index in [1.54, 1.807) is 6.92 Å². The van der Waals surface area contributed by atoms with Crippen molar-refractivity contribution in [2.24, 2.45) is 0 Å². The van der Waals surface area contributed by atoms with Gasteiger partial charge in [-0.15, -0.1) is 0 Å². The summed E-state index contributed by atoms with van der Waals surface area (Å²) in [6.07, 6.45) is 4.12. The molecule has 1 saturated heterocycles. The Bertz CT molecular complexity index is 740. The maximum Gasteiger partial charge on any atom is 0.338 e. The SMILES string of the molecule is CCOC(=O)c1ccc(N2CCC(=Cc3ccc(F)cc3)CC2)cc1. The Hall–Kier alpha value is -2.62. The maximum atomic E-state index is 13.0. The summed E-state index contributed by atoms with van der Waals surface area (Å²) in [5.74, 6) is -0.486. The summed E-state index contributed by atoms with van der Waals surface area (Å²) in [6.45, 7) is 4.06. The summed E-state index contributed by atoms with van der Waals surface area (Å²) in [5, 5.41) is 0. The molecule has 0 aliphatic carbocycles. The maximum absolute atomic E-state index is 13.0. The molecule has 0 saturated carbocycles. The van der Waals surface area contributed by atoms with Crippen LogP contribution in [0.4, 0.5) is 10.1 Å². The number of hydrogen-bond acceptors (Lipinski definition) is 3. The Kier molecular flexibility index (Phi) is 5.49. The summed E-state index contributed by atoms with van der Waals surface area (Å²) in [4.78, 5) is 14.0. The first-order valence-corrected chi connectivity index (χ1v) is 8.63. The van der Waals surface area contributed by atoms with Crippen LogP contribution in [0.15, 0.2) is 54.1 Å². The first-order chi connectivity index (χ1) is 12.2. The number of anilines is 1. The first kappa shape index (κ1) is 17.2. The van der Waals surface area contributed by atoms with Gasteiger partial charge in [0.2, 0.25) is 0 Å². The molecule has 2 aromatic carbocycles. The molecule has 3 nitrogen and oxygen atoms in total. The van der Waals surface area contributed by atoms with Gasteiger partial charge in [0, 0.05) is 18.8 Å². The molecular formula is C21H22FNO2. The normalized spacial score (nSPS) is 14.3. The number of halogens is 1. The second kappa shape index (κ2) is 7.97. The average molecular weight is 339 g/mol. The highest BCUT2D eigenvalue weighted by molar-refractivity contribution is 5.89. The van der Waals surface area contributed by atoms with E-state index >= 15 is 0 Å². The molecule has 1 aliphatic heterocycles. The number of carbonyl (C=O) groups is 1. The number of carbonyl (C=O) groups excluding carboxylic acids is 1. The van der Waals surface area contributed by atoms with Crippen molar-refractivity contribution >= 4 is 17.7 Å². The van der Waals surface area contributed by atoms with Crippen molar-refractivity contribution in [1.29, 1.82) is 0 Å². The zero-order chi connectivity index (χ0) is 17.6. The molecule has 4 heteroatoms. The van der Waals surface area contributed by atoms with Gasteiger partial charge in [0.05, 0.1) is 12.2 Å². The lowest BCUT2D eigenvalue weighted by Gasteiger charge is -2.30. The topological polar surface area (TPSA) is 29.5 Å². The van der Waals surface area contributed by atoms with E-state index in [4.69, 9.17) is 4.74 Å². The Labute approximate surface area is 147 Å². The highest BCUT2D eigenvalue weighted by Crippen LogP contribution is 2.25. The number of nitrogens with zero attached hydrogens (tertiary/aromatic N) is 1. The van der Waals surface area contributed by atoms with E-state index in [1.807, 2.05) is 36.4 Å². The number of ether oxygens (including phenoxy) is 1. The van der Waals surface area contributed by atoms with Gasteiger partial charge in [-0.05, 0) is 61.7 Å². The molecule has 1 heterocycles. The fourth-order valence-corrected chi connectivity index (χ4v) is 3.01. The van der Waals surface area contributed by atoms with Crippen molar-refractivity contribution in [3.8, 4) is 0 Å². The van der Waals surface area contributed by atoms with Gasteiger partial charge in [0.15, 0.2) is 0 Å². The molecule has 0 unspecified atom stereocenters. The Morgan fingerprint density at radius 3 is 2.32 bits per heavy atom. The minimum atomic E-state index is -0.280. The molecule has 3 rings (SSSR count). The number of benzene rings is 2. The van der Waals surface area contributed by atoms with Gasteiger partial charge in [0.1, 0.15) is 5.82 Å². The largest absolute Gasteiger partial charge is 0.462 e. The van der Waals surface area contributed by atoms with Crippen LogP contribution in [0.1, 0.15) is 35.7 Å². The minimum absolute atomic E-state index is 0.205. The highest BCUT2D eigenvalue weighted by atomic mass is 19.1. The number of rotatable bonds is 4. The molecule has 0 N–H and O–H groups in total. The molecule has 2 aromatic rings. The van der Waals surface area contributed by atoms with Crippen LogP contribution in [0.2, 0.25) is 0 Å². The van der Waals surface area contributed by atoms with Gasteiger partial charge in [-0.25, -0.2) is 9.18 Å². The summed E-state index contributed by atoms with van der Waals surface area (Å²) < 4.78 is 18.0. The minimum Gasteiger partial charge on any atom is -0.462 e. The van der Waals surface area contributed by atoms with Crippen LogP contribution >= 0.6 is 0 Å². The van der Waals surface area contributed by atoms with Crippen LogP contribution in [-0.2, 0) is 4.74 Å². The molecule has 0 radical (unpaired) electrons. The third-order valence-electron chi connectivity index (χ3n) is 4.39. The monoisotopic (exact) mass is 339 g/mol. The third-order valence-corrected chi connectivity index (χ3v) is 4.39. The lowest BCUT2D eigenvalue weighted by atomic mass is 10.0. The van der Waals surface area contributed by atoms with Gasteiger partial charge in [-0.2, -0.15) is 0 Å². The van der Waals surface area contributed by atoms with E-state index in [1.165, 1.54) is 17.7 Å². The molecule has 0 bridgehead atoms. The van der Waals surface area contributed by atoms with Gasteiger partial charge in [-0.3, -0.25) is 0 Å². The second-order valence-corrected chi connectivity index (χ2v) is 6.11. The van der Waals surface area contributed by atoms with E-state index in [0.717, 1.165) is 37.2 Å². The molecular weight excluding hydrogens is 317 g/mol. The van der Waals surface area contributed by atoms with Gasteiger partial charge < -0.3 is 9.64 Å². The smallest absolute Gasteiger partial charge is 0.338 e. The predicted molar refractivity (Wildman–Crippen MR) is 98.2 cm³/mol. The Morgan fingerprint density at radius 2 is 1.72 bits per heavy atom. The standard InChI is InChI=1S/C21H22FNO2/c1-2-25-21(24)18-5-9-20(10-6-18)23-13-11-17(12-14-23)15-16-3-7-19(22)8-4-16/h3-10,15H,2,11-14H2,1H3. The summed E-state index contributed by atoms with van der Waals surface area (Å²) >= 11 is 0. The van der Waals surface area contributed by atoms with Crippen LogP contribution in [0.5, 0.6) is 0 Å². The van der Waals surface area contributed by atoms with E-state index in [2.05, 4.69) is 11.0 Å². The summed E-state index contributed by atoms with van der Waals surface area (Å²) in [5.41, 5.74) is 4.13. The van der Waals surface area contributed by atoms with E-state index in [-0.39, 0.29) is 11.8 Å². The summed E-state index contributed by atoms with van der Waals surface area (Å²) in [6, 6.07) is 14.2. The van der Waals surface area contributed by atoms with Crippen LogP contribution in [0, 0.1) is 5.82 Å². The summed E-state index contributed by atoms with van der Waals surface area (Å²) in [7, 11) is 0. The Balaban J connectivity index is 1.60. The van der Waals surface area contributed by atoms with Gasteiger partial charge >= 0.3 is 5.97 Å². The predicted octanol–water partition coefficient (Wildman–Crippen LogP) is 4.69. The molecule has 25 heavy (non-hydrogen) atoms. The molecule has 0 aromatic heterocycles. The zero-order valence-corrected chi connectivity index (χ0v) is 14.4. The molecule has 0 atom stereocenters. The number of piperidine rings is 1. The highest BCUT2D eigenvalue weighted by Gasteiger charge is 2.15. The average Bonchev–Trinajstić information content (AvgIpc) is 2.65. The van der Waals surface area contributed by atoms with E-state index in [9.17, 15) is 9.18 Å². The van der Waals surface area contributed by atoms with E-state index in [0.29, 0.717) is 12.2 Å². The third kappa shape index (κ3) is 4.47. The molecule has 1 fully saturated rings. The van der Waals surface area contributed by atoms with Gasteiger partial charge in [-0.1, -0.05) is 23.8 Å². The molecule has 0 amide bonds.